The molecule has 1 N–H and O–H groups in total. The van der Waals surface area contributed by atoms with Crippen LogP contribution in [0.3, 0.4) is 0 Å². The van der Waals surface area contributed by atoms with Gasteiger partial charge in [0.25, 0.3) is 0 Å². The lowest BCUT2D eigenvalue weighted by molar-refractivity contribution is 0.164. The third kappa shape index (κ3) is 5.91. The van der Waals surface area contributed by atoms with Crippen molar-refractivity contribution in [1.29, 1.82) is 0 Å². The molecule has 1 aromatic carbocycles. The Labute approximate surface area is 148 Å². The van der Waals surface area contributed by atoms with Crippen molar-refractivity contribution in [3.63, 3.8) is 0 Å². The molecule has 5 nitrogen and oxygen atoms in total. The van der Waals surface area contributed by atoms with E-state index >= 15 is 0 Å². The molecule has 0 amide bonds. The lowest BCUT2D eigenvalue weighted by atomic mass is 10.2. The minimum atomic E-state index is -0.963. The normalized spacial score (nSPS) is 18.0. The van der Waals surface area contributed by atoms with Crippen LogP contribution in [0.25, 0.3) is 0 Å². The van der Waals surface area contributed by atoms with Gasteiger partial charge in [0, 0.05) is 57.0 Å². The third-order valence-electron chi connectivity index (χ3n) is 4.08. The predicted molar refractivity (Wildman–Crippen MR) is 102 cm³/mol. The minimum absolute atomic E-state index is 0.594. The fraction of sp³-hybridized carbons (Fsp3) is 0.611. The van der Waals surface area contributed by atoms with Crippen molar-refractivity contribution in [2.75, 3.05) is 52.1 Å². The zero-order valence-corrected chi connectivity index (χ0v) is 15.9. The van der Waals surface area contributed by atoms with Crippen LogP contribution in [0.15, 0.2) is 40.2 Å². The molecule has 1 fully saturated rings. The van der Waals surface area contributed by atoms with Gasteiger partial charge in [0.1, 0.15) is 0 Å². The number of nitrogens with zero attached hydrogens (tertiary/aromatic N) is 3. The summed E-state index contributed by atoms with van der Waals surface area (Å²) >= 11 is 0. The van der Waals surface area contributed by atoms with Crippen LogP contribution in [0.5, 0.6) is 0 Å². The van der Waals surface area contributed by atoms with Crippen LogP contribution in [0.2, 0.25) is 0 Å². The molecule has 134 valence electrons. The van der Waals surface area contributed by atoms with Crippen molar-refractivity contribution >= 4 is 16.8 Å². The minimum Gasteiger partial charge on any atom is -0.355 e. The maximum Gasteiger partial charge on any atom is 0.193 e. The van der Waals surface area contributed by atoms with E-state index in [2.05, 4.69) is 34.0 Å². The third-order valence-corrected chi connectivity index (χ3v) is 5.46. The van der Waals surface area contributed by atoms with Crippen LogP contribution in [0.4, 0.5) is 0 Å². The highest BCUT2D eigenvalue weighted by molar-refractivity contribution is 7.85. The van der Waals surface area contributed by atoms with E-state index in [9.17, 15) is 4.21 Å². The number of piperazine rings is 1. The Morgan fingerprint density at radius 1 is 1.21 bits per heavy atom. The Hall–Kier alpha value is -1.40. The SMILES string of the molecule is CN=C(NCCS(=O)c1ccccc1)N1CCN(CC(C)C)CC1. The maximum atomic E-state index is 12.2. The predicted octanol–water partition coefficient (Wildman–Crippen LogP) is 1.64. The van der Waals surface area contributed by atoms with Gasteiger partial charge in [-0.15, -0.1) is 0 Å². The van der Waals surface area contributed by atoms with Gasteiger partial charge in [-0.1, -0.05) is 32.0 Å². The first kappa shape index (κ1) is 18.9. The highest BCUT2D eigenvalue weighted by Crippen LogP contribution is 2.06. The number of nitrogens with one attached hydrogen (secondary N) is 1. The first-order chi connectivity index (χ1) is 11.6. The summed E-state index contributed by atoms with van der Waals surface area (Å²) in [5.41, 5.74) is 0. The van der Waals surface area contributed by atoms with E-state index in [-0.39, 0.29) is 0 Å². The quantitative estimate of drug-likeness (QED) is 0.626. The van der Waals surface area contributed by atoms with Crippen LogP contribution >= 0.6 is 0 Å². The monoisotopic (exact) mass is 350 g/mol. The van der Waals surface area contributed by atoms with E-state index < -0.39 is 10.8 Å². The molecule has 2 rings (SSSR count). The molecule has 1 unspecified atom stereocenters. The van der Waals surface area contributed by atoms with E-state index in [0.29, 0.717) is 18.2 Å². The molecule has 1 aromatic rings. The van der Waals surface area contributed by atoms with Crippen LogP contribution in [-0.4, -0.2) is 72.0 Å². The van der Waals surface area contributed by atoms with Crippen LogP contribution < -0.4 is 5.32 Å². The summed E-state index contributed by atoms with van der Waals surface area (Å²) in [6.45, 7) is 10.5. The number of benzene rings is 1. The Bertz CT molecular complexity index is 539. The van der Waals surface area contributed by atoms with Gasteiger partial charge < -0.3 is 10.2 Å². The molecule has 0 radical (unpaired) electrons. The molecule has 6 heteroatoms. The second-order valence-corrected chi connectivity index (χ2v) is 8.09. The first-order valence-electron chi connectivity index (χ1n) is 8.71. The molecule has 0 aromatic heterocycles. The fourth-order valence-electron chi connectivity index (χ4n) is 2.94. The van der Waals surface area contributed by atoms with Crippen molar-refractivity contribution in [2.24, 2.45) is 10.9 Å². The number of guanidine groups is 1. The smallest absolute Gasteiger partial charge is 0.193 e. The van der Waals surface area contributed by atoms with Gasteiger partial charge in [-0.05, 0) is 18.1 Å². The molecule has 0 bridgehead atoms. The first-order valence-corrected chi connectivity index (χ1v) is 10.0. The maximum absolute atomic E-state index is 12.2. The fourth-order valence-corrected chi connectivity index (χ4v) is 3.92. The number of aliphatic imine (C=N–C) groups is 1. The second-order valence-electron chi connectivity index (χ2n) is 6.52. The van der Waals surface area contributed by atoms with Crippen molar-refractivity contribution in [3.05, 3.63) is 30.3 Å². The number of hydrogen-bond donors (Lipinski definition) is 1. The standard InChI is InChI=1S/C18H30N4OS/c1-16(2)15-21-10-12-22(13-11-21)18(19-3)20-9-14-24(23)17-7-5-4-6-8-17/h4-8,16H,9-15H2,1-3H3,(H,19,20). The van der Waals surface area contributed by atoms with E-state index in [1.54, 1.807) is 0 Å². The molecule has 1 saturated heterocycles. The number of hydrogen-bond acceptors (Lipinski definition) is 3. The van der Waals surface area contributed by atoms with Crippen molar-refractivity contribution in [1.82, 2.24) is 15.1 Å². The Morgan fingerprint density at radius 3 is 2.46 bits per heavy atom. The zero-order valence-electron chi connectivity index (χ0n) is 15.1. The van der Waals surface area contributed by atoms with Gasteiger partial charge >= 0.3 is 0 Å². The van der Waals surface area contributed by atoms with E-state index in [1.165, 1.54) is 0 Å². The van der Waals surface area contributed by atoms with Gasteiger partial charge in [0.05, 0.1) is 10.8 Å². The van der Waals surface area contributed by atoms with Gasteiger partial charge in [-0.2, -0.15) is 0 Å². The Balaban J connectivity index is 1.74. The zero-order chi connectivity index (χ0) is 17.4. The van der Waals surface area contributed by atoms with Crippen LogP contribution in [0, 0.1) is 5.92 Å². The van der Waals surface area contributed by atoms with Crippen molar-refractivity contribution in [3.8, 4) is 0 Å². The molecular weight excluding hydrogens is 320 g/mol. The second kappa shape index (κ2) is 9.79. The summed E-state index contributed by atoms with van der Waals surface area (Å²) in [6, 6.07) is 9.63. The Morgan fingerprint density at radius 2 is 1.88 bits per heavy atom. The van der Waals surface area contributed by atoms with Crippen LogP contribution in [0.1, 0.15) is 13.8 Å². The van der Waals surface area contributed by atoms with E-state index in [0.717, 1.165) is 43.6 Å². The summed E-state index contributed by atoms with van der Waals surface area (Å²) in [4.78, 5) is 10.1. The summed E-state index contributed by atoms with van der Waals surface area (Å²) < 4.78 is 12.2. The lowest BCUT2D eigenvalue weighted by Crippen LogP contribution is -2.53. The molecule has 0 aliphatic carbocycles. The molecule has 1 aliphatic heterocycles. The summed E-state index contributed by atoms with van der Waals surface area (Å²) in [5, 5.41) is 3.36. The molecule has 1 atom stereocenters. The van der Waals surface area contributed by atoms with Gasteiger partial charge in [0.15, 0.2) is 5.96 Å². The average Bonchev–Trinajstić information content (AvgIpc) is 2.60. The van der Waals surface area contributed by atoms with Gasteiger partial charge in [-0.25, -0.2) is 0 Å². The Kier molecular flexibility index (Phi) is 7.72. The largest absolute Gasteiger partial charge is 0.355 e. The number of rotatable bonds is 6. The highest BCUT2D eigenvalue weighted by Gasteiger charge is 2.19. The van der Waals surface area contributed by atoms with Crippen LogP contribution in [-0.2, 0) is 10.8 Å². The average molecular weight is 351 g/mol. The highest BCUT2D eigenvalue weighted by atomic mass is 32.2. The van der Waals surface area contributed by atoms with Gasteiger partial charge in [0.2, 0.25) is 0 Å². The van der Waals surface area contributed by atoms with E-state index in [1.807, 2.05) is 37.4 Å². The molecule has 0 spiro atoms. The summed E-state index contributed by atoms with van der Waals surface area (Å²) in [6.07, 6.45) is 0. The molecule has 1 heterocycles. The lowest BCUT2D eigenvalue weighted by Gasteiger charge is -2.37. The molecule has 1 aliphatic rings. The molecule has 0 saturated carbocycles. The molecular formula is C18H30N4OS. The summed E-state index contributed by atoms with van der Waals surface area (Å²) in [5.74, 6) is 2.22. The topological polar surface area (TPSA) is 47.9 Å². The summed E-state index contributed by atoms with van der Waals surface area (Å²) in [7, 11) is 0.853. The van der Waals surface area contributed by atoms with Crippen molar-refractivity contribution < 1.29 is 4.21 Å². The molecule has 24 heavy (non-hydrogen) atoms. The van der Waals surface area contributed by atoms with E-state index in [4.69, 9.17) is 0 Å². The van der Waals surface area contributed by atoms with Crippen molar-refractivity contribution in [2.45, 2.75) is 18.7 Å². The van der Waals surface area contributed by atoms with Gasteiger partial charge in [-0.3, -0.25) is 14.1 Å².